The van der Waals surface area contributed by atoms with Gasteiger partial charge in [0.25, 0.3) is 0 Å². The summed E-state index contributed by atoms with van der Waals surface area (Å²) in [6.45, 7) is 28.4. The van der Waals surface area contributed by atoms with Gasteiger partial charge in [0.15, 0.2) is 0 Å². The number of imidazole rings is 1. The van der Waals surface area contributed by atoms with Crippen molar-refractivity contribution in [3.05, 3.63) is 197 Å². The van der Waals surface area contributed by atoms with Gasteiger partial charge in [-0.05, 0) is 168 Å². The lowest BCUT2D eigenvalue weighted by atomic mass is 9.43. The Bertz CT molecular complexity index is 4680. The molecular weight excluding hydrogens is 972 g/mol. The van der Waals surface area contributed by atoms with Crippen molar-refractivity contribution in [2.75, 3.05) is 4.81 Å². The van der Waals surface area contributed by atoms with E-state index in [1.807, 2.05) is 0 Å². The molecule has 4 aliphatic rings. The summed E-state index contributed by atoms with van der Waals surface area (Å²) in [4.78, 5) is 8.42. The zero-order valence-electron chi connectivity index (χ0n) is 48.3. The van der Waals surface area contributed by atoms with Crippen LogP contribution in [0.4, 0.5) is 11.4 Å². The van der Waals surface area contributed by atoms with E-state index in [4.69, 9.17) is 9.40 Å². The summed E-state index contributed by atoms with van der Waals surface area (Å²) >= 11 is 0. The number of rotatable bonds is 3. The second-order valence-corrected chi connectivity index (χ2v) is 27.8. The highest BCUT2D eigenvalue weighted by molar-refractivity contribution is 6.94. The predicted molar refractivity (Wildman–Crippen MR) is 337 cm³/mol. The van der Waals surface area contributed by atoms with Crippen LogP contribution in [-0.2, 0) is 27.1 Å². The smallest absolute Gasteiger partial charge is 0.333 e. The number of aromatic nitrogens is 3. The lowest BCUT2D eigenvalue weighted by Crippen LogP contribution is -2.61. The number of nitrogens with zero attached hydrogens (tertiary/aromatic N) is 4. The fourth-order valence-electron chi connectivity index (χ4n) is 15.2. The molecule has 0 unspecified atom stereocenters. The van der Waals surface area contributed by atoms with Gasteiger partial charge in [-0.3, -0.25) is 4.57 Å². The Morgan fingerprint density at radius 1 is 0.512 bits per heavy atom. The van der Waals surface area contributed by atoms with E-state index in [1.165, 1.54) is 105 Å². The fraction of sp³-hybridized carbons (Fsp3) is 0.257. The molecule has 5 nitrogen and oxygen atoms in total. The molecule has 16 rings (SSSR count). The highest BCUT2D eigenvalue weighted by atomic mass is 16.3. The Morgan fingerprint density at radius 3 is 1.86 bits per heavy atom. The number of hydrogen-bond acceptors (Lipinski definition) is 3. The third kappa shape index (κ3) is 6.34. The lowest BCUT2D eigenvalue weighted by molar-refractivity contribution is 0.332. The Labute approximate surface area is 470 Å². The number of hydrogen-bond donors (Lipinski definition) is 0. The van der Waals surface area contributed by atoms with Crippen LogP contribution in [0.3, 0.4) is 0 Å². The maximum atomic E-state index is 7.29. The summed E-state index contributed by atoms with van der Waals surface area (Å²) in [5.74, 6) is 0.925. The van der Waals surface area contributed by atoms with Crippen LogP contribution in [0.5, 0.6) is 0 Å². The molecule has 12 aromatic rings. The maximum absolute atomic E-state index is 7.29. The second kappa shape index (κ2) is 15.6. The molecule has 9 aromatic carbocycles. The summed E-state index contributed by atoms with van der Waals surface area (Å²) in [5, 5.41) is 4.98. The molecule has 0 saturated carbocycles. The first-order valence-corrected chi connectivity index (χ1v) is 29.1. The van der Waals surface area contributed by atoms with Crippen molar-refractivity contribution in [3.8, 4) is 45.0 Å². The largest absolute Gasteiger partial charge is 0.456 e. The van der Waals surface area contributed by atoms with Crippen LogP contribution in [0.1, 0.15) is 129 Å². The number of para-hydroxylation sites is 1. The number of furan rings is 1. The minimum absolute atomic E-state index is 0.0223. The molecule has 6 heteroatoms. The van der Waals surface area contributed by atoms with Crippen molar-refractivity contribution >= 4 is 83.9 Å². The molecule has 0 bridgehead atoms. The molecule has 0 amide bonds. The predicted octanol–water partition coefficient (Wildman–Crippen LogP) is 18.2. The van der Waals surface area contributed by atoms with Gasteiger partial charge < -0.3 is 13.8 Å². The second-order valence-electron chi connectivity index (χ2n) is 27.8. The van der Waals surface area contributed by atoms with Gasteiger partial charge in [-0.2, -0.15) is 0 Å². The Hall–Kier alpha value is -8.09. The number of fused-ring (bicyclic) bond motifs is 18. The van der Waals surface area contributed by atoms with Crippen molar-refractivity contribution in [3.63, 3.8) is 0 Å². The van der Waals surface area contributed by atoms with Gasteiger partial charge in [-0.1, -0.05) is 174 Å². The van der Waals surface area contributed by atoms with Crippen molar-refractivity contribution in [2.24, 2.45) is 0 Å². The summed E-state index contributed by atoms with van der Waals surface area (Å²) in [6, 6.07) is 62.5. The molecule has 2 aliphatic heterocycles. The topological polar surface area (TPSA) is 39.1 Å². The highest BCUT2D eigenvalue weighted by Crippen LogP contribution is 2.60. The zero-order valence-corrected chi connectivity index (χ0v) is 48.3. The van der Waals surface area contributed by atoms with Crippen molar-refractivity contribution in [1.82, 2.24) is 14.1 Å². The molecule has 2 aliphatic carbocycles. The monoisotopic (exact) mass is 1040 g/mol. The minimum Gasteiger partial charge on any atom is -0.456 e. The van der Waals surface area contributed by atoms with Crippen LogP contribution in [0, 0.1) is 0 Å². The van der Waals surface area contributed by atoms with E-state index in [-0.39, 0.29) is 33.9 Å². The first-order valence-electron chi connectivity index (χ1n) is 29.1. The first kappa shape index (κ1) is 47.9. The molecule has 0 fully saturated rings. The third-order valence-corrected chi connectivity index (χ3v) is 19.6. The molecule has 0 saturated heterocycles. The zero-order chi connectivity index (χ0) is 54.9. The quantitative estimate of drug-likeness (QED) is 0.166. The molecule has 0 spiro atoms. The Morgan fingerprint density at radius 2 is 1.15 bits per heavy atom. The van der Waals surface area contributed by atoms with E-state index in [1.54, 1.807) is 0 Å². The van der Waals surface area contributed by atoms with Gasteiger partial charge in [0.05, 0.1) is 22.1 Å². The maximum Gasteiger partial charge on any atom is 0.333 e. The van der Waals surface area contributed by atoms with Crippen LogP contribution in [0.15, 0.2) is 168 Å². The van der Waals surface area contributed by atoms with Crippen molar-refractivity contribution < 1.29 is 4.42 Å². The third-order valence-electron chi connectivity index (χ3n) is 19.6. The molecule has 80 heavy (non-hydrogen) atoms. The van der Waals surface area contributed by atoms with E-state index >= 15 is 0 Å². The van der Waals surface area contributed by atoms with E-state index in [0.717, 1.165) is 63.2 Å². The standard InChI is InChI=1S/C74H67BN4O/c1-70(2,3)43-27-30-46(31-28-43)79-58-37-49-48-36-53-54(73(9,10)34-33-72(53,7)8)39-62(48)80-61(49)38-51(58)65-66-63(47-25-19-20-26-52(47)74(66,11)12)64-50-35-44(71(4,5)6)29-32-57(50)78-59-41-60-56(40-55(59)75(79)67(65)68(64)78)76-69(42-21-15-13-16-22-42)77(60)45-23-17-14-18-24-45/h13-32,35-41H,33-34H2,1-12H3. The molecule has 392 valence electrons. The van der Waals surface area contributed by atoms with Crippen LogP contribution >= 0.6 is 0 Å². The lowest BCUT2D eigenvalue weighted by Gasteiger charge is -2.43. The van der Waals surface area contributed by atoms with Gasteiger partial charge >= 0.3 is 6.85 Å². The van der Waals surface area contributed by atoms with E-state index < -0.39 is 0 Å². The Balaban J connectivity index is 1.12. The normalized spacial score (nSPS) is 16.4. The number of benzene rings is 9. The number of anilines is 2. The van der Waals surface area contributed by atoms with E-state index in [0.29, 0.717) is 0 Å². The van der Waals surface area contributed by atoms with Gasteiger partial charge in [-0.15, -0.1) is 0 Å². The summed E-state index contributed by atoms with van der Waals surface area (Å²) < 4.78 is 12.3. The van der Waals surface area contributed by atoms with Gasteiger partial charge in [0.1, 0.15) is 17.0 Å². The molecule has 0 radical (unpaired) electrons. The van der Waals surface area contributed by atoms with Crippen LogP contribution in [-0.4, -0.2) is 21.0 Å². The van der Waals surface area contributed by atoms with Gasteiger partial charge in [0.2, 0.25) is 0 Å². The van der Waals surface area contributed by atoms with Crippen LogP contribution < -0.4 is 15.7 Å². The molecular formula is C74H67BN4O. The SMILES string of the molecule is CC(C)(C)c1ccc(N2B3c4cc5nc(-c6ccccc6)n(-c6ccccc6)c5cc4-n4c5ccc(C(C)(C)C)cc5c5c6c(c(c3c54)-c3cc4oc5cc7c(cc5c4cc32)C(C)(C)CCC7(C)C)C(C)(C)c2ccccc2-6)cc1. The fourth-order valence-corrected chi connectivity index (χ4v) is 15.2. The summed E-state index contributed by atoms with van der Waals surface area (Å²) in [5.41, 5.74) is 27.8. The van der Waals surface area contributed by atoms with Gasteiger partial charge in [0, 0.05) is 60.8 Å². The summed E-state index contributed by atoms with van der Waals surface area (Å²) in [7, 11) is 0. The molecule has 0 atom stereocenters. The first-order chi connectivity index (χ1) is 38.2. The molecule has 0 N–H and O–H groups in total. The van der Waals surface area contributed by atoms with Gasteiger partial charge in [-0.25, -0.2) is 4.98 Å². The Kier molecular flexibility index (Phi) is 9.35. The minimum atomic E-state index is -0.345. The molecule has 3 aromatic heterocycles. The van der Waals surface area contributed by atoms with E-state index in [2.05, 4.69) is 261 Å². The van der Waals surface area contributed by atoms with Crippen LogP contribution in [0.2, 0.25) is 0 Å². The average Bonchev–Trinajstić information content (AvgIpc) is 4.35. The highest BCUT2D eigenvalue weighted by Gasteiger charge is 2.51. The molecule has 5 heterocycles. The summed E-state index contributed by atoms with van der Waals surface area (Å²) in [6.07, 6.45) is 2.30. The average molecular weight is 1040 g/mol. The van der Waals surface area contributed by atoms with Crippen LogP contribution in [0.25, 0.3) is 99.8 Å². The van der Waals surface area contributed by atoms with E-state index in [9.17, 15) is 0 Å². The van der Waals surface area contributed by atoms with Crippen molar-refractivity contribution in [2.45, 2.75) is 123 Å². The van der Waals surface area contributed by atoms with Crippen molar-refractivity contribution in [1.29, 1.82) is 0 Å².